The first kappa shape index (κ1) is 10.3. The van der Waals surface area contributed by atoms with Gasteiger partial charge in [0.1, 0.15) is 12.9 Å². The Balaban J connectivity index is 2.19. The number of anilines is 1. The van der Waals surface area contributed by atoms with Gasteiger partial charge >= 0.3 is 0 Å². The summed E-state index contributed by atoms with van der Waals surface area (Å²) in [6.07, 6.45) is 3.86. The molecule has 2 atom stereocenters. The molecular weight excluding hydrogens is 220 g/mol. The van der Waals surface area contributed by atoms with Crippen LogP contribution in [0.5, 0.6) is 5.75 Å². The summed E-state index contributed by atoms with van der Waals surface area (Å²) in [5, 5.41) is 0. The molecule has 2 aliphatic rings. The van der Waals surface area contributed by atoms with Crippen LogP contribution in [0.2, 0.25) is 0 Å². The molecule has 0 aromatic carbocycles. The molecule has 2 unspecified atom stereocenters. The summed E-state index contributed by atoms with van der Waals surface area (Å²) < 4.78 is 5.55. The van der Waals surface area contributed by atoms with Crippen molar-refractivity contribution in [3.63, 3.8) is 0 Å². The van der Waals surface area contributed by atoms with Gasteiger partial charge in [0.25, 0.3) is 0 Å². The third-order valence-corrected chi connectivity index (χ3v) is 3.34. The van der Waals surface area contributed by atoms with Crippen molar-refractivity contribution in [2.24, 2.45) is 5.92 Å². The number of rotatable bonds is 1. The van der Waals surface area contributed by atoms with Gasteiger partial charge < -0.3 is 14.4 Å². The van der Waals surface area contributed by atoms with Gasteiger partial charge in [-0.2, -0.15) is 0 Å². The molecule has 0 radical (unpaired) electrons. The summed E-state index contributed by atoms with van der Waals surface area (Å²) in [7, 11) is 0. The van der Waals surface area contributed by atoms with Gasteiger partial charge in [-0.3, -0.25) is 9.78 Å². The first-order valence-corrected chi connectivity index (χ1v) is 5.59. The number of aromatic nitrogens is 1. The zero-order chi connectivity index (χ0) is 12.0. The molecule has 0 fully saturated rings. The summed E-state index contributed by atoms with van der Waals surface area (Å²) in [6, 6.07) is 0.166. The Morgan fingerprint density at radius 3 is 3.12 bits per heavy atom. The van der Waals surface area contributed by atoms with Crippen LogP contribution in [0.4, 0.5) is 5.69 Å². The van der Waals surface area contributed by atoms with Crippen LogP contribution in [0.15, 0.2) is 12.4 Å². The van der Waals surface area contributed by atoms with Gasteiger partial charge in [0.15, 0.2) is 11.5 Å². The van der Waals surface area contributed by atoms with Gasteiger partial charge in [0.2, 0.25) is 0 Å². The predicted octanol–water partition coefficient (Wildman–Crippen LogP) is 0.680. The van der Waals surface area contributed by atoms with Crippen LogP contribution in [0.3, 0.4) is 0 Å². The molecule has 17 heavy (non-hydrogen) atoms. The smallest absolute Gasteiger partial charge is 0.178 e. The van der Waals surface area contributed by atoms with Crippen molar-refractivity contribution >= 4 is 17.8 Å². The van der Waals surface area contributed by atoms with Crippen LogP contribution >= 0.6 is 0 Å². The number of ketones is 1. The van der Waals surface area contributed by atoms with E-state index in [1.165, 1.54) is 6.20 Å². The number of nitrogens with zero attached hydrogens (tertiary/aromatic N) is 2. The van der Waals surface area contributed by atoms with E-state index in [-0.39, 0.29) is 11.8 Å². The molecule has 1 aromatic rings. The highest BCUT2D eigenvalue weighted by molar-refractivity contribution is 6.11. The molecule has 5 nitrogen and oxygen atoms in total. The first-order valence-electron chi connectivity index (χ1n) is 5.59. The molecule has 1 aromatic heterocycles. The Hall–Kier alpha value is -1.91. The molecule has 3 heterocycles. The lowest BCUT2D eigenvalue weighted by molar-refractivity contribution is -0.109. The van der Waals surface area contributed by atoms with Crippen molar-refractivity contribution in [2.45, 2.75) is 13.0 Å². The van der Waals surface area contributed by atoms with E-state index in [1.807, 2.05) is 6.92 Å². The lowest BCUT2D eigenvalue weighted by Crippen LogP contribution is -2.49. The molecule has 0 aliphatic carbocycles. The minimum Gasteiger partial charge on any atom is -0.488 e. The quantitative estimate of drug-likeness (QED) is 0.526. The molecule has 88 valence electrons. The first-order chi connectivity index (χ1) is 8.22. The van der Waals surface area contributed by atoms with Gasteiger partial charge in [-0.25, -0.2) is 0 Å². The minimum atomic E-state index is -0.583. The lowest BCUT2D eigenvalue weighted by atomic mass is 9.91. The third kappa shape index (κ3) is 1.35. The average Bonchev–Trinajstić information content (AvgIpc) is 2.36. The molecule has 0 amide bonds. The summed E-state index contributed by atoms with van der Waals surface area (Å²) >= 11 is 0. The maximum Gasteiger partial charge on any atom is 0.178 e. The van der Waals surface area contributed by atoms with Crippen molar-refractivity contribution in [2.75, 3.05) is 18.1 Å². The fourth-order valence-corrected chi connectivity index (χ4v) is 2.41. The highest BCUT2D eigenvalue weighted by atomic mass is 16.5. The maximum absolute atomic E-state index is 12.0. The molecule has 0 N–H and O–H groups in total. The minimum absolute atomic E-state index is 0.154. The van der Waals surface area contributed by atoms with Crippen LogP contribution < -0.4 is 9.64 Å². The second-order valence-corrected chi connectivity index (χ2v) is 4.45. The van der Waals surface area contributed by atoms with Crippen molar-refractivity contribution in [3.05, 3.63) is 18.0 Å². The van der Waals surface area contributed by atoms with Crippen molar-refractivity contribution < 1.29 is 14.3 Å². The highest BCUT2D eigenvalue weighted by Crippen LogP contribution is 2.40. The molecule has 2 aliphatic heterocycles. The van der Waals surface area contributed by atoms with Crippen molar-refractivity contribution in [1.82, 2.24) is 4.98 Å². The summed E-state index contributed by atoms with van der Waals surface area (Å²) in [5.74, 6) is -0.100. The molecule has 0 spiro atoms. The zero-order valence-corrected chi connectivity index (χ0v) is 9.42. The van der Waals surface area contributed by atoms with Crippen LogP contribution in [0.1, 0.15) is 17.3 Å². The van der Waals surface area contributed by atoms with E-state index in [0.29, 0.717) is 24.5 Å². The Morgan fingerprint density at radius 2 is 2.35 bits per heavy atom. The van der Waals surface area contributed by atoms with Crippen molar-refractivity contribution in [1.29, 1.82) is 0 Å². The standard InChI is InChI=1S/C12H12N2O3/c1-7-6-17-10-3-13-2-9-11(10)14(7)4-8(5-15)12(9)16/h2-3,5,7-8H,4,6H2,1H3. The Kier molecular flexibility index (Phi) is 2.14. The number of carbonyl (C=O) groups is 2. The predicted molar refractivity (Wildman–Crippen MR) is 60.4 cm³/mol. The number of aldehydes is 1. The van der Waals surface area contributed by atoms with E-state index in [0.717, 1.165) is 12.0 Å². The normalized spacial score (nSPS) is 26.2. The zero-order valence-electron chi connectivity index (χ0n) is 9.42. The fraction of sp³-hybridized carbons (Fsp3) is 0.417. The number of ether oxygens (including phenoxy) is 1. The van der Waals surface area contributed by atoms with Crippen LogP contribution in [0.25, 0.3) is 0 Å². The van der Waals surface area contributed by atoms with Gasteiger partial charge in [0, 0.05) is 12.7 Å². The topological polar surface area (TPSA) is 59.5 Å². The van der Waals surface area contributed by atoms with Gasteiger partial charge in [-0.05, 0) is 6.92 Å². The number of hydrogen-bond donors (Lipinski definition) is 0. The summed E-state index contributed by atoms with van der Waals surface area (Å²) in [5.41, 5.74) is 1.29. The Bertz CT molecular complexity index is 501. The van der Waals surface area contributed by atoms with E-state index in [1.54, 1.807) is 6.20 Å². The van der Waals surface area contributed by atoms with Gasteiger partial charge in [-0.15, -0.1) is 0 Å². The monoisotopic (exact) mass is 232 g/mol. The molecule has 0 saturated carbocycles. The lowest BCUT2D eigenvalue weighted by Gasteiger charge is -2.41. The third-order valence-electron chi connectivity index (χ3n) is 3.34. The highest BCUT2D eigenvalue weighted by Gasteiger charge is 2.38. The van der Waals surface area contributed by atoms with Crippen LogP contribution in [0, 0.1) is 5.92 Å². The number of carbonyl (C=O) groups excluding carboxylic acids is 2. The van der Waals surface area contributed by atoms with E-state index < -0.39 is 5.92 Å². The van der Waals surface area contributed by atoms with E-state index in [4.69, 9.17) is 4.74 Å². The van der Waals surface area contributed by atoms with Crippen molar-refractivity contribution in [3.8, 4) is 5.75 Å². The second kappa shape index (κ2) is 3.55. The fourth-order valence-electron chi connectivity index (χ4n) is 2.41. The largest absolute Gasteiger partial charge is 0.488 e. The Labute approximate surface area is 98.4 Å². The number of hydrogen-bond acceptors (Lipinski definition) is 5. The number of pyridine rings is 1. The SMILES string of the molecule is CC1COc2cncc3c2N1CC(C=O)C3=O. The average molecular weight is 232 g/mol. The van der Waals surface area contributed by atoms with E-state index >= 15 is 0 Å². The van der Waals surface area contributed by atoms with Gasteiger partial charge in [-0.1, -0.05) is 0 Å². The summed E-state index contributed by atoms with van der Waals surface area (Å²) in [6.45, 7) is 3.01. The molecule has 0 saturated heterocycles. The summed E-state index contributed by atoms with van der Waals surface area (Å²) in [4.78, 5) is 29.0. The van der Waals surface area contributed by atoms with Crippen LogP contribution in [-0.2, 0) is 4.79 Å². The van der Waals surface area contributed by atoms with Crippen LogP contribution in [-0.4, -0.2) is 36.2 Å². The molecule has 3 rings (SSSR count). The number of Topliss-reactive ketones (excluding diaryl/α,β-unsaturated/α-hetero) is 1. The van der Waals surface area contributed by atoms with Gasteiger partial charge in [0.05, 0.1) is 29.4 Å². The Morgan fingerprint density at radius 1 is 1.53 bits per heavy atom. The van der Waals surface area contributed by atoms with E-state index in [9.17, 15) is 9.59 Å². The molecule has 5 heteroatoms. The molecule has 0 bridgehead atoms. The maximum atomic E-state index is 12.0. The molecular formula is C12H12N2O3. The van der Waals surface area contributed by atoms with E-state index in [2.05, 4.69) is 9.88 Å². The second-order valence-electron chi connectivity index (χ2n) is 4.45.